The van der Waals surface area contributed by atoms with Crippen molar-refractivity contribution in [3.8, 4) is 11.9 Å². The second kappa shape index (κ2) is 11.0. The molecule has 5 atom stereocenters. The summed E-state index contributed by atoms with van der Waals surface area (Å²) in [5.74, 6) is -0.293. The standard InChI is InChI=1S/C32H37BrFN5O4/c1-17(21-9-7-12-37(21)5)42-30-24-23(40)10-13-38(28-19-15-22(28)39(16-19)31(41)43-32(2,3)4)29(24)20-14-18(8-6-11-35)25(33)26(34)27(20)36-30/h10,13-14,17,19,21-22,28H,6-9,12,15-16H2,1-5H3/t17-,19+,21-,22+,28?/m0/s1. The number of pyridine rings is 2. The number of ether oxygens (including phenoxy) is 2. The minimum atomic E-state index is -0.619. The van der Waals surface area contributed by atoms with Gasteiger partial charge in [0.2, 0.25) is 5.88 Å². The van der Waals surface area contributed by atoms with Crippen LogP contribution in [0.15, 0.2) is 27.6 Å². The van der Waals surface area contributed by atoms with Crippen molar-refractivity contribution in [3.63, 3.8) is 0 Å². The van der Waals surface area contributed by atoms with Crippen LogP contribution in [0.4, 0.5) is 9.18 Å². The van der Waals surface area contributed by atoms with Crippen molar-refractivity contribution in [3.05, 3.63) is 44.4 Å². The van der Waals surface area contributed by atoms with Crippen LogP contribution in [-0.2, 0) is 11.2 Å². The Hall–Kier alpha value is -3.23. The highest BCUT2D eigenvalue weighted by Crippen LogP contribution is 2.51. The number of hydrogen-bond acceptors (Lipinski definition) is 7. The van der Waals surface area contributed by atoms with E-state index in [2.05, 4.69) is 38.9 Å². The Morgan fingerprint density at radius 1 is 1.35 bits per heavy atom. The van der Waals surface area contributed by atoms with Crippen LogP contribution >= 0.6 is 15.9 Å². The van der Waals surface area contributed by atoms with Crippen LogP contribution in [0.5, 0.6) is 5.88 Å². The molecule has 1 aromatic carbocycles. The highest BCUT2D eigenvalue weighted by atomic mass is 79.9. The van der Waals surface area contributed by atoms with Gasteiger partial charge in [0, 0.05) is 42.6 Å². The van der Waals surface area contributed by atoms with E-state index in [0.29, 0.717) is 34.8 Å². The summed E-state index contributed by atoms with van der Waals surface area (Å²) in [6.07, 6.45) is 4.51. The van der Waals surface area contributed by atoms with Crippen LogP contribution in [0.25, 0.3) is 21.8 Å². The fourth-order valence-electron chi connectivity index (χ4n) is 7.17. The van der Waals surface area contributed by atoms with Crippen molar-refractivity contribution in [2.24, 2.45) is 5.92 Å². The molecule has 0 radical (unpaired) electrons. The van der Waals surface area contributed by atoms with Gasteiger partial charge < -0.3 is 18.9 Å². The molecule has 43 heavy (non-hydrogen) atoms. The van der Waals surface area contributed by atoms with Gasteiger partial charge in [-0.05, 0) is 94.5 Å². The molecule has 228 valence electrons. The van der Waals surface area contributed by atoms with E-state index in [1.54, 1.807) is 11.1 Å². The number of carbonyl (C=O) groups excluding carboxylic acids is 1. The highest BCUT2D eigenvalue weighted by Gasteiger charge is 2.55. The zero-order valence-electron chi connectivity index (χ0n) is 25.2. The lowest BCUT2D eigenvalue weighted by Gasteiger charge is -2.39. The second-order valence-electron chi connectivity index (χ2n) is 13.1. The third-order valence-corrected chi connectivity index (χ3v) is 10.0. The van der Waals surface area contributed by atoms with Gasteiger partial charge >= 0.3 is 6.09 Å². The van der Waals surface area contributed by atoms with Gasteiger partial charge in [0.15, 0.2) is 11.2 Å². The molecule has 4 fully saturated rings. The normalized spacial score (nSPS) is 24.3. The third-order valence-electron chi connectivity index (χ3n) is 9.19. The number of nitrogens with zero attached hydrogens (tertiary/aromatic N) is 5. The largest absolute Gasteiger partial charge is 0.472 e. The van der Waals surface area contributed by atoms with Gasteiger partial charge in [0.05, 0.1) is 28.1 Å². The number of fused-ring (bicyclic) bond motifs is 4. The number of amides is 1. The Kier molecular flexibility index (Phi) is 7.66. The molecule has 5 heterocycles. The lowest BCUT2D eigenvalue weighted by Crippen LogP contribution is -2.44. The predicted molar refractivity (Wildman–Crippen MR) is 165 cm³/mol. The molecular weight excluding hydrogens is 617 g/mol. The van der Waals surface area contributed by atoms with Crippen LogP contribution in [-0.4, -0.2) is 69.4 Å². The van der Waals surface area contributed by atoms with Crippen molar-refractivity contribution in [2.75, 3.05) is 20.1 Å². The zero-order valence-corrected chi connectivity index (χ0v) is 26.8. The first-order chi connectivity index (χ1) is 20.4. The number of aryl methyl sites for hydroxylation is 1. The van der Waals surface area contributed by atoms with Crippen molar-refractivity contribution in [2.45, 2.75) is 89.6 Å². The van der Waals surface area contributed by atoms with Crippen LogP contribution in [0.1, 0.15) is 65.0 Å². The van der Waals surface area contributed by atoms with Crippen LogP contribution in [0, 0.1) is 23.1 Å². The molecule has 3 aliphatic heterocycles. The SMILES string of the molecule is C[C@H](Oc1nc2c(F)c(Br)c(CCC#N)cc2c2c1c(=O)ccn2C1[C@@H]2C[C@H]1N(C(=O)OC(C)(C)C)C2)[C@@H]1CCCN1C. The molecule has 3 saturated heterocycles. The molecule has 11 heteroatoms. The van der Waals surface area contributed by atoms with Crippen molar-refractivity contribution in [1.29, 1.82) is 5.26 Å². The number of aromatic nitrogens is 2. The van der Waals surface area contributed by atoms with Gasteiger partial charge in [-0.15, -0.1) is 0 Å². The number of rotatable bonds is 6. The lowest BCUT2D eigenvalue weighted by molar-refractivity contribution is 0.0210. The maximum Gasteiger partial charge on any atom is 0.410 e. The van der Waals surface area contributed by atoms with E-state index in [4.69, 9.17) is 9.47 Å². The Balaban J connectivity index is 1.53. The highest BCUT2D eigenvalue weighted by molar-refractivity contribution is 9.10. The summed E-state index contributed by atoms with van der Waals surface area (Å²) >= 11 is 3.40. The molecule has 4 aliphatic rings. The Bertz CT molecular complexity index is 1710. The molecule has 2 aromatic heterocycles. The Morgan fingerprint density at radius 3 is 2.79 bits per heavy atom. The summed E-state index contributed by atoms with van der Waals surface area (Å²) in [7, 11) is 2.05. The average Bonchev–Trinajstić information content (AvgIpc) is 3.66. The molecule has 1 unspecified atom stereocenters. The fourth-order valence-corrected chi connectivity index (χ4v) is 7.67. The second-order valence-corrected chi connectivity index (χ2v) is 13.9. The molecule has 0 spiro atoms. The van der Waals surface area contributed by atoms with Gasteiger partial charge in [0.25, 0.3) is 0 Å². The Morgan fingerprint density at radius 2 is 2.12 bits per heavy atom. The third kappa shape index (κ3) is 5.16. The summed E-state index contributed by atoms with van der Waals surface area (Å²) in [5.41, 5.74) is 0.373. The number of hydrogen-bond donors (Lipinski definition) is 0. The van der Waals surface area contributed by atoms with E-state index in [-0.39, 0.29) is 64.0 Å². The van der Waals surface area contributed by atoms with Crippen molar-refractivity contribution in [1.82, 2.24) is 19.4 Å². The van der Waals surface area contributed by atoms with E-state index >= 15 is 4.39 Å². The van der Waals surface area contributed by atoms with Gasteiger partial charge in [0.1, 0.15) is 22.6 Å². The Labute approximate surface area is 258 Å². The first-order valence-corrected chi connectivity index (χ1v) is 15.8. The topological polar surface area (TPSA) is 101 Å². The van der Waals surface area contributed by atoms with E-state index < -0.39 is 11.4 Å². The minimum absolute atomic E-state index is 0.0945. The molecule has 3 aromatic rings. The molecule has 1 saturated carbocycles. The van der Waals surface area contributed by atoms with Crippen molar-refractivity contribution >= 4 is 43.8 Å². The average molecular weight is 655 g/mol. The summed E-state index contributed by atoms with van der Waals surface area (Å²) in [5, 5.41) is 10.00. The van der Waals surface area contributed by atoms with Crippen molar-refractivity contribution < 1.29 is 18.7 Å². The van der Waals surface area contributed by atoms with Gasteiger partial charge in [-0.1, -0.05) is 0 Å². The molecule has 7 rings (SSSR count). The van der Waals surface area contributed by atoms with E-state index in [1.807, 2.05) is 38.3 Å². The van der Waals surface area contributed by atoms with Crippen LogP contribution < -0.4 is 10.2 Å². The maximum absolute atomic E-state index is 16.1. The molecule has 2 bridgehead atoms. The fraction of sp³-hybridized carbons (Fsp3) is 0.562. The molecule has 1 amide bonds. The van der Waals surface area contributed by atoms with Crippen LogP contribution in [0.3, 0.4) is 0 Å². The molecule has 0 N–H and O–H groups in total. The van der Waals surface area contributed by atoms with E-state index in [1.165, 1.54) is 6.07 Å². The number of likely N-dealkylation sites (tertiary alicyclic amines) is 1. The zero-order chi connectivity index (χ0) is 30.8. The first-order valence-electron chi connectivity index (χ1n) is 15.0. The number of halogens is 2. The number of likely N-dealkylation sites (N-methyl/N-ethyl adjacent to an activating group) is 1. The summed E-state index contributed by atoms with van der Waals surface area (Å²) in [6, 6.07) is 5.37. The first kappa shape index (κ1) is 29.8. The number of carbonyl (C=O) groups is 1. The van der Waals surface area contributed by atoms with Gasteiger partial charge in [-0.2, -0.15) is 5.26 Å². The maximum atomic E-state index is 16.1. The van der Waals surface area contributed by atoms with Crippen LogP contribution in [0.2, 0.25) is 0 Å². The van der Waals surface area contributed by atoms with Gasteiger partial charge in [-0.25, -0.2) is 14.2 Å². The van der Waals surface area contributed by atoms with E-state index in [0.717, 1.165) is 25.8 Å². The monoisotopic (exact) mass is 653 g/mol. The summed E-state index contributed by atoms with van der Waals surface area (Å²) < 4.78 is 30.5. The summed E-state index contributed by atoms with van der Waals surface area (Å²) in [4.78, 5) is 35.4. The number of nitriles is 1. The predicted octanol–water partition coefficient (Wildman–Crippen LogP) is 5.95. The summed E-state index contributed by atoms with van der Waals surface area (Å²) in [6.45, 7) is 9.01. The minimum Gasteiger partial charge on any atom is -0.472 e. The lowest BCUT2D eigenvalue weighted by atomic mass is 9.79. The molecule has 1 aliphatic carbocycles. The quantitative estimate of drug-likeness (QED) is 0.303. The molecular formula is C32H37BrFN5O4. The molecule has 9 nitrogen and oxygen atoms in total. The van der Waals surface area contributed by atoms with Gasteiger partial charge in [-0.3, -0.25) is 9.69 Å². The smallest absolute Gasteiger partial charge is 0.410 e. The number of benzene rings is 1. The van der Waals surface area contributed by atoms with E-state index in [9.17, 15) is 14.9 Å².